The zero-order valence-corrected chi connectivity index (χ0v) is 10.7. The average molecular weight is 254 g/mol. The topological polar surface area (TPSA) is 82.2 Å². The number of nitro groups is 1. The van der Waals surface area contributed by atoms with E-state index in [4.69, 9.17) is 4.74 Å². The Bertz CT molecular complexity index is 438. The van der Waals surface area contributed by atoms with Crippen molar-refractivity contribution >= 4 is 5.82 Å². The van der Waals surface area contributed by atoms with Crippen LogP contribution in [0.3, 0.4) is 0 Å². The highest BCUT2D eigenvalue weighted by molar-refractivity contribution is 5.36. The number of ether oxygens (including phenoxy) is 1. The number of imidazole rings is 1. The molecule has 0 spiro atoms. The Morgan fingerprint density at radius 3 is 3.00 bits per heavy atom. The summed E-state index contributed by atoms with van der Waals surface area (Å²) in [5.41, 5.74) is 0. The average Bonchev–Trinajstić information content (AvgIpc) is 2.65. The molecule has 0 aliphatic carbocycles. The van der Waals surface area contributed by atoms with Crippen LogP contribution in [0.1, 0.15) is 25.1 Å². The van der Waals surface area contributed by atoms with Crippen LogP contribution in [-0.2, 0) is 7.05 Å². The van der Waals surface area contributed by atoms with Gasteiger partial charge >= 0.3 is 5.82 Å². The Labute approximate surface area is 105 Å². The summed E-state index contributed by atoms with van der Waals surface area (Å²) in [4.78, 5) is 14.3. The van der Waals surface area contributed by atoms with Gasteiger partial charge in [0.25, 0.3) is 5.88 Å². The molecule has 1 aliphatic rings. The third-order valence-electron chi connectivity index (χ3n) is 3.26. The standard InChI is InChI=1S/C11H18N4O3/c1-8-13-10(15(16)17)11(14(8)2)18-7-9-5-3-4-6-12-9/h9,12H,3-7H2,1-2H3. The largest absolute Gasteiger partial charge is 0.471 e. The third-order valence-corrected chi connectivity index (χ3v) is 3.26. The van der Waals surface area contributed by atoms with Crippen molar-refractivity contribution in [1.29, 1.82) is 0 Å². The highest BCUT2D eigenvalue weighted by Gasteiger charge is 2.26. The molecule has 1 aromatic rings. The fourth-order valence-electron chi connectivity index (χ4n) is 2.10. The van der Waals surface area contributed by atoms with E-state index in [0.29, 0.717) is 12.4 Å². The summed E-state index contributed by atoms with van der Waals surface area (Å²) in [6.07, 6.45) is 3.40. The maximum absolute atomic E-state index is 10.9. The second-order valence-corrected chi connectivity index (χ2v) is 4.56. The molecule has 0 radical (unpaired) electrons. The molecule has 0 aromatic carbocycles. The quantitative estimate of drug-likeness (QED) is 0.644. The molecule has 7 nitrogen and oxygen atoms in total. The van der Waals surface area contributed by atoms with Crippen molar-refractivity contribution in [1.82, 2.24) is 14.9 Å². The van der Waals surface area contributed by atoms with Crippen molar-refractivity contribution in [3.63, 3.8) is 0 Å². The highest BCUT2D eigenvalue weighted by atomic mass is 16.6. The first kappa shape index (κ1) is 12.8. The summed E-state index contributed by atoms with van der Waals surface area (Å²) in [5.74, 6) is 0.615. The lowest BCUT2D eigenvalue weighted by atomic mass is 10.1. The Kier molecular flexibility index (Phi) is 3.81. The first-order chi connectivity index (χ1) is 8.59. The maximum atomic E-state index is 10.9. The first-order valence-electron chi connectivity index (χ1n) is 6.13. The summed E-state index contributed by atoms with van der Waals surface area (Å²) >= 11 is 0. The molecule has 18 heavy (non-hydrogen) atoms. The lowest BCUT2D eigenvalue weighted by Crippen LogP contribution is -2.38. The van der Waals surface area contributed by atoms with Crippen LogP contribution in [0.4, 0.5) is 5.82 Å². The Balaban J connectivity index is 2.05. The van der Waals surface area contributed by atoms with Crippen molar-refractivity contribution in [2.24, 2.45) is 7.05 Å². The van der Waals surface area contributed by atoms with Crippen LogP contribution >= 0.6 is 0 Å². The maximum Gasteiger partial charge on any atom is 0.426 e. The van der Waals surface area contributed by atoms with E-state index in [0.717, 1.165) is 13.0 Å². The van der Waals surface area contributed by atoms with Gasteiger partial charge in [-0.15, -0.1) is 0 Å². The molecule has 2 heterocycles. The van der Waals surface area contributed by atoms with Crippen molar-refractivity contribution < 1.29 is 9.66 Å². The zero-order valence-electron chi connectivity index (χ0n) is 10.7. The fraction of sp³-hybridized carbons (Fsp3) is 0.727. The molecule has 1 fully saturated rings. The molecular weight excluding hydrogens is 236 g/mol. The van der Waals surface area contributed by atoms with Crippen molar-refractivity contribution in [2.45, 2.75) is 32.2 Å². The SMILES string of the molecule is Cc1nc([N+](=O)[O-])c(OCC2CCCCN2)n1C. The molecule has 0 saturated carbocycles. The molecule has 1 saturated heterocycles. The van der Waals surface area contributed by atoms with Gasteiger partial charge in [-0.25, -0.2) is 0 Å². The van der Waals surface area contributed by atoms with Crippen LogP contribution in [0.25, 0.3) is 0 Å². The number of nitrogens with one attached hydrogen (secondary N) is 1. The van der Waals surface area contributed by atoms with E-state index in [1.165, 1.54) is 12.8 Å². The Morgan fingerprint density at radius 2 is 2.39 bits per heavy atom. The highest BCUT2D eigenvalue weighted by Crippen LogP contribution is 2.26. The second-order valence-electron chi connectivity index (χ2n) is 4.56. The molecule has 1 aliphatic heterocycles. The number of aryl methyl sites for hydroxylation is 1. The van der Waals surface area contributed by atoms with Crippen LogP contribution in [0, 0.1) is 17.0 Å². The van der Waals surface area contributed by atoms with Crippen LogP contribution in [-0.4, -0.2) is 33.7 Å². The van der Waals surface area contributed by atoms with E-state index in [-0.39, 0.29) is 17.7 Å². The van der Waals surface area contributed by atoms with Gasteiger partial charge in [0.15, 0.2) is 0 Å². The number of nitrogens with zero attached hydrogens (tertiary/aromatic N) is 3. The predicted molar refractivity (Wildman–Crippen MR) is 65.7 cm³/mol. The monoisotopic (exact) mass is 254 g/mol. The summed E-state index contributed by atoms with van der Waals surface area (Å²) in [6, 6.07) is 0.272. The molecule has 1 unspecified atom stereocenters. The van der Waals surface area contributed by atoms with Gasteiger partial charge in [-0.1, -0.05) is 6.42 Å². The van der Waals surface area contributed by atoms with E-state index in [1.807, 2.05) is 0 Å². The van der Waals surface area contributed by atoms with E-state index in [1.54, 1.807) is 18.5 Å². The third kappa shape index (κ3) is 2.61. The molecule has 7 heteroatoms. The number of rotatable bonds is 4. The minimum absolute atomic E-state index is 0.203. The van der Waals surface area contributed by atoms with Gasteiger partial charge in [0.1, 0.15) is 6.61 Å². The van der Waals surface area contributed by atoms with E-state index >= 15 is 0 Å². The first-order valence-corrected chi connectivity index (χ1v) is 6.13. The van der Waals surface area contributed by atoms with Crippen molar-refractivity contribution in [3.8, 4) is 5.88 Å². The lowest BCUT2D eigenvalue weighted by molar-refractivity contribution is -0.390. The number of hydrogen-bond donors (Lipinski definition) is 1. The van der Waals surface area contributed by atoms with Crippen LogP contribution in [0.15, 0.2) is 0 Å². The molecule has 2 rings (SSSR count). The van der Waals surface area contributed by atoms with Gasteiger partial charge < -0.3 is 20.2 Å². The number of piperidine rings is 1. The predicted octanol–water partition coefficient (Wildman–Crippen LogP) is 1.16. The van der Waals surface area contributed by atoms with Gasteiger partial charge in [0, 0.05) is 20.0 Å². The minimum atomic E-state index is -0.503. The Hall–Kier alpha value is -1.63. The Morgan fingerprint density at radius 1 is 1.61 bits per heavy atom. The molecular formula is C11H18N4O3. The number of aromatic nitrogens is 2. The van der Waals surface area contributed by atoms with Gasteiger partial charge in [0.05, 0.1) is 0 Å². The second kappa shape index (κ2) is 5.34. The minimum Gasteiger partial charge on any atom is -0.471 e. The summed E-state index contributed by atoms with van der Waals surface area (Å²) in [6.45, 7) is 3.15. The van der Waals surface area contributed by atoms with Gasteiger partial charge in [-0.05, 0) is 29.3 Å². The summed E-state index contributed by atoms with van der Waals surface area (Å²) in [7, 11) is 1.72. The molecule has 1 N–H and O–H groups in total. The van der Waals surface area contributed by atoms with E-state index in [2.05, 4.69) is 10.3 Å². The van der Waals surface area contributed by atoms with Crippen LogP contribution in [0.2, 0.25) is 0 Å². The number of hydrogen-bond acceptors (Lipinski definition) is 5. The van der Waals surface area contributed by atoms with E-state index < -0.39 is 4.92 Å². The molecule has 1 aromatic heterocycles. The van der Waals surface area contributed by atoms with Crippen LogP contribution < -0.4 is 10.1 Å². The molecule has 0 bridgehead atoms. The zero-order chi connectivity index (χ0) is 13.1. The lowest BCUT2D eigenvalue weighted by Gasteiger charge is -2.23. The molecule has 0 amide bonds. The normalized spacial score (nSPS) is 19.8. The molecule has 100 valence electrons. The summed E-state index contributed by atoms with van der Waals surface area (Å²) in [5, 5.41) is 14.2. The van der Waals surface area contributed by atoms with E-state index in [9.17, 15) is 10.1 Å². The fourth-order valence-corrected chi connectivity index (χ4v) is 2.10. The van der Waals surface area contributed by atoms with Gasteiger partial charge in [-0.3, -0.25) is 4.57 Å². The van der Waals surface area contributed by atoms with Crippen molar-refractivity contribution in [3.05, 3.63) is 15.9 Å². The smallest absolute Gasteiger partial charge is 0.426 e. The van der Waals surface area contributed by atoms with Crippen LogP contribution in [0.5, 0.6) is 5.88 Å². The molecule has 1 atom stereocenters. The van der Waals surface area contributed by atoms with Gasteiger partial charge in [0.2, 0.25) is 5.82 Å². The summed E-state index contributed by atoms with van der Waals surface area (Å²) < 4.78 is 7.20. The van der Waals surface area contributed by atoms with Gasteiger partial charge in [-0.2, -0.15) is 0 Å². The van der Waals surface area contributed by atoms with Crippen molar-refractivity contribution in [2.75, 3.05) is 13.2 Å².